The Balaban J connectivity index is 1.57. The van der Waals surface area contributed by atoms with Gasteiger partial charge in [0.2, 0.25) is 0 Å². The van der Waals surface area contributed by atoms with Crippen molar-refractivity contribution < 1.29 is 4.74 Å². The van der Waals surface area contributed by atoms with Crippen molar-refractivity contribution in [3.8, 4) is 0 Å². The van der Waals surface area contributed by atoms with Crippen molar-refractivity contribution in [3.05, 3.63) is 60.4 Å². The molecule has 0 bridgehead atoms. The zero-order valence-corrected chi connectivity index (χ0v) is 15.8. The normalized spacial score (nSPS) is 14.8. The lowest BCUT2D eigenvalue weighted by Gasteiger charge is -2.29. The number of benzene rings is 1. The molecular weight excluding hydrogens is 344 g/mol. The number of para-hydroxylation sites is 1. The predicted octanol–water partition coefficient (Wildman–Crippen LogP) is 3.00. The molecule has 1 N–H and O–H groups in total. The van der Waals surface area contributed by atoms with Gasteiger partial charge in [-0.1, -0.05) is 24.3 Å². The van der Waals surface area contributed by atoms with Crippen molar-refractivity contribution in [1.82, 2.24) is 14.8 Å². The van der Waals surface area contributed by atoms with Gasteiger partial charge >= 0.3 is 0 Å². The molecule has 6 heteroatoms. The Morgan fingerprint density at radius 3 is 2.62 bits per heavy atom. The van der Waals surface area contributed by atoms with Gasteiger partial charge in [0.1, 0.15) is 0 Å². The van der Waals surface area contributed by atoms with Gasteiger partial charge in [0.15, 0.2) is 5.11 Å². The van der Waals surface area contributed by atoms with Gasteiger partial charge in [0, 0.05) is 38.1 Å². The molecule has 0 aliphatic carbocycles. The highest BCUT2D eigenvalue weighted by molar-refractivity contribution is 7.80. The van der Waals surface area contributed by atoms with Crippen LogP contribution < -0.4 is 5.32 Å². The van der Waals surface area contributed by atoms with Crippen molar-refractivity contribution in [2.75, 3.05) is 44.7 Å². The Kier molecular flexibility index (Phi) is 7.37. The molecule has 1 aliphatic rings. The van der Waals surface area contributed by atoms with Gasteiger partial charge in [-0.15, -0.1) is 0 Å². The molecule has 2 heterocycles. The molecule has 1 aromatic heterocycles. The molecule has 26 heavy (non-hydrogen) atoms. The first-order chi connectivity index (χ1) is 12.8. The highest BCUT2D eigenvalue weighted by Crippen LogP contribution is 2.10. The molecule has 0 saturated carbocycles. The molecule has 0 radical (unpaired) electrons. The molecule has 1 fully saturated rings. The summed E-state index contributed by atoms with van der Waals surface area (Å²) in [7, 11) is 0. The average molecular weight is 371 g/mol. The van der Waals surface area contributed by atoms with E-state index in [0.29, 0.717) is 6.54 Å². The Labute approximate surface area is 161 Å². The third-order valence-corrected chi connectivity index (χ3v) is 4.76. The standard InChI is InChI=1S/C20H26N4OS/c26-20(22-18-7-2-1-3-8-18)24(17-19-9-4-5-10-21-19)12-6-11-23-13-15-25-16-14-23/h1-5,7-10H,6,11-17H2,(H,22,26). The molecule has 0 atom stereocenters. The number of ether oxygens (including phenoxy) is 1. The Bertz CT molecular complexity index is 662. The Hall–Kier alpha value is -2.02. The van der Waals surface area contributed by atoms with Crippen LogP contribution in [0.3, 0.4) is 0 Å². The molecule has 1 aliphatic heterocycles. The number of hydrogen-bond acceptors (Lipinski definition) is 4. The smallest absolute Gasteiger partial charge is 0.173 e. The SMILES string of the molecule is S=C(Nc1ccccc1)N(CCCN1CCOCC1)Cc1ccccn1. The predicted molar refractivity (Wildman–Crippen MR) is 109 cm³/mol. The lowest BCUT2D eigenvalue weighted by atomic mass is 10.3. The molecule has 138 valence electrons. The second-order valence-electron chi connectivity index (χ2n) is 6.35. The summed E-state index contributed by atoms with van der Waals surface area (Å²) >= 11 is 5.68. The summed E-state index contributed by atoms with van der Waals surface area (Å²) in [5.74, 6) is 0. The first-order valence-electron chi connectivity index (χ1n) is 9.12. The van der Waals surface area contributed by atoms with E-state index in [1.54, 1.807) is 0 Å². The first kappa shape index (κ1) is 18.8. The van der Waals surface area contributed by atoms with E-state index in [-0.39, 0.29) is 0 Å². The van der Waals surface area contributed by atoms with Crippen LogP contribution in [0.1, 0.15) is 12.1 Å². The van der Waals surface area contributed by atoms with Crippen molar-refractivity contribution in [2.45, 2.75) is 13.0 Å². The highest BCUT2D eigenvalue weighted by atomic mass is 32.1. The molecule has 0 amide bonds. The number of hydrogen-bond donors (Lipinski definition) is 1. The minimum atomic E-state index is 0.711. The Morgan fingerprint density at radius 2 is 1.88 bits per heavy atom. The number of nitrogens with one attached hydrogen (secondary N) is 1. The van der Waals surface area contributed by atoms with Crippen LogP contribution in [0.15, 0.2) is 54.7 Å². The van der Waals surface area contributed by atoms with E-state index in [0.717, 1.165) is 62.3 Å². The van der Waals surface area contributed by atoms with Crippen molar-refractivity contribution >= 4 is 23.0 Å². The minimum Gasteiger partial charge on any atom is -0.379 e. The van der Waals surface area contributed by atoms with Crippen LogP contribution in [0.25, 0.3) is 0 Å². The third-order valence-electron chi connectivity index (χ3n) is 4.40. The van der Waals surface area contributed by atoms with Gasteiger partial charge in [-0.05, 0) is 42.9 Å². The minimum absolute atomic E-state index is 0.711. The topological polar surface area (TPSA) is 40.6 Å². The fourth-order valence-electron chi connectivity index (χ4n) is 2.97. The number of morpholine rings is 1. The first-order valence-corrected chi connectivity index (χ1v) is 9.53. The maximum absolute atomic E-state index is 5.68. The number of nitrogens with zero attached hydrogens (tertiary/aromatic N) is 3. The molecule has 0 spiro atoms. The fraction of sp³-hybridized carbons (Fsp3) is 0.400. The maximum atomic E-state index is 5.68. The summed E-state index contributed by atoms with van der Waals surface area (Å²) < 4.78 is 5.42. The molecular formula is C20H26N4OS. The van der Waals surface area contributed by atoms with Crippen LogP contribution in [0.2, 0.25) is 0 Å². The Morgan fingerprint density at radius 1 is 1.12 bits per heavy atom. The van der Waals surface area contributed by atoms with Gasteiger partial charge in [-0.3, -0.25) is 9.88 Å². The number of rotatable bonds is 7. The van der Waals surface area contributed by atoms with Crippen LogP contribution in [-0.4, -0.2) is 59.3 Å². The number of anilines is 1. The van der Waals surface area contributed by atoms with E-state index in [2.05, 4.69) is 20.1 Å². The number of pyridine rings is 1. The van der Waals surface area contributed by atoms with E-state index in [9.17, 15) is 0 Å². The summed E-state index contributed by atoms with van der Waals surface area (Å²) in [5.41, 5.74) is 2.03. The lowest BCUT2D eigenvalue weighted by molar-refractivity contribution is 0.0367. The van der Waals surface area contributed by atoms with Crippen LogP contribution in [0.4, 0.5) is 5.69 Å². The maximum Gasteiger partial charge on any atom is 0.173 e. The summed E-state index contributed by atoms with van der Waals surface area (Å²) in [4.78, 5) is 9.10. The van der Waals surface area contributed by atoms with E-state index in [1.165, 1.54) is 0 Å². The van der Waals surface area contributed by atoms with E-state index in [4.69, 9.17) is 17.0 Å². The van der Waals surface area contributed by atoms with Gasteiger partial charge in [-0.2, -0.15) is 0 Å². The monoisotopic (exact) mass is 370 g/mol. The highest BCUT2D eigenvalue weighted by Gasteiger charge is 2.14. The van der Waals surface area contributed by atoms with Crippen LogP contribution in [-0.2, 0) is 11.3 Å². The second kappa shape index (κ2) is 10.2. The van der Waals surface area contributed by atoms with E-state index < -0.39 is 0 Å². The second-order valence-corrected chi connectivity index (χ2v) is 6.73. The zero-order valence-electron chi connectivity index (χ0n) is 15.0. The average Bonchev–Trinajstić information content (AvgIpc) is 2.69. The molecule has 0 unspecified atom stereocenters. The number of aromatic nitrogens is 1. The molecule has 1 aromatic carbocycles. The quantitative estimate of drug-likeness (QED) is 0.756. The fourth-order valence-corrected chi connectivity index (χ4v) is 3.25. The van der Waals surface area contributed by atoms with Gasteiger partial charge in [0.05, 0.1) is 25.5 Å². The van der Waals surface area contributed by atoms with Gasteiger partial charge < -0.3 is 15.0 Å². The van der Waals surface area contributed by atoms with Crippen LogP contribution in [0, 0.1) is 0 Å². The largest absolute Gasteiger partial charge is 0.379 e. The molecule has 2 aromatic rings. The summed E-state index contributed by atoms with van der Waals surface area (Å²) in [6, 6.07) is 16.1. The van der Waals surface area contributed by atoms with E-state index in [1.807, 2.05) is 54.7 Å². The van der Waals surface area contributed by atoms with Crippen LogP contribution in [0.5, 0.6) is 0 Å². The van der Waals surface area contributed by atoms with Gasteiger partial charge in [0.25, 0.3) is 0 Å². The lowest BCUT2D eigenvalue weighted by Crippen LogP contribution is -2.40. The van der Waals surface area contributed by atoms with Crippen molar-refractivity contribution in [3.63, 3.8) is 0 Å². The number of thiocarbonyl (C=S) groups is 1. The summed E-state index contributed by atoms with van der Waals surface area (Å²) in [5, 5.41) is 4.09. The third kappa shape index (κ3) is 6.05. The molecule has 3 rings (SSSR count). The summed E-state index contributed by atoms with van der Waals surface area (Å²) in [6.07, 6.45) is 2.89. The van der Waals surface area contributed by atoms with Crippen LogP contribution >= 0.6 is 12.2 Å². The summed E-state index contributed by atoms with van der Waals surface area (Å²) in [6.45, 7) is 6.39. The zero-order chi connectivity index (χ0) is 18.0. The molecule has 1 saturated heterocycles. The van der Waals surface area contributed by atoms with Crippen molar-refractivity contribution in [1.29, 1.82) is 0 Å². The van der Waals surface area contributed by atoms with E-state index >= 15 is 0 Å². The van der Waals surface area contributed by atoms with Gasteiger partial charge in [-0.25, -0.2) is 0 Å². The molecule has 5 nitrogen and oxygen atoms in total. The van der Waals surface area contributed by atoms with Crippen molar-refractivity contribution in [2.24, 2.45) is 0 Å².